The number of esters is 1. The fourth-order valence-corrected chi connectivity index (χ4v) is 1.34. The van der Waals surface area contributed by atoms with Gasteiger partial charge in [-0.15, -0.1) is 0 Å². The lowest BCUT2D eigenvalue weighted by Crippen LogP contribution is -2.47. The van der Waals surface area contributed by atoms with Crippen LogP contribution in [0.2, 0.25) is 0 Å². The Labute approximate surface area is 92.6 Å². The second-order valence-electron chi connectivity index (χ2n) is 3.96. The van der Waals surface area contributed by atoms with E-state index in [0.717, 1.165) is 25.9 Å². The average Bonchev–Trinajstić information content (AvgIpc) is 2.24. The van der Waals surface area contributed by atoms with Gasteiger partial charge in [0.25, 0.3) is 0 Å². The quantitative estimate of drug-likeness (QED) is 0.202. The second kappa shape index (κ2) is 7.23. The lowest BCUT2D eigenvalue weighted by Gasteiger charge is -2.32. The molecular formula is C12H22NO2+. The molecule has 0 aromatic carbocycles. The Kier molecular flexibility index (Phi) is 6.71. The lowest BCUT2D eigenvalue weighted by molar-refractivity contribution is -0.920. The Morgan fingerprint density at radius 3 is 2.60 bits per heavy atom. The van der Waals surface area contributed by atoms with E-state index >= 15 is 0 Å². The van der Waals surface area contributed by atoms with Gasteiger partial charge in [-0.3, -0.25) is 4.48 Å². The Hall–Kier alpha value is -1.09. The van der Waals surface area contributed by atoms with E-state index in [1.54, 1.807) is 0 Å². The van der Waals surface area contributed by atoms with E-state index in [4.69, 9.17) is 4.74 Å². The van der Waals surface area contributed by atoms with Crippen LogP contribution in [0.25, 0.3) is 0 Å². The Morgan fingerprint density at radius 1 is 1.47 bits per heavy atom. The highest BCUT2D eigenvalue weighted by Gasteiger charge is 2.20. The highest BCUT2D eigenvalue weighted by Crippen LogP contribution is 2.06. The van der Waals surface area contributed by atoms with Gasteiger partial charge in [-0.25, -0.2) is 4.79 Å². The van der Waals surface area contributed by atoms with E-state index < -0.39 is 0 Å². The number of carbonyl (C=O) groups is 1. The van der Waals surface area contributed by atoms with E-state index in [1.807, 2.05) is 6.08 Å². The summed E-state index contributed by atoms with van der Waals surface area (Å²) in [5, 5.41) is 0. The molecule has 0 heterocycles. The summed E-state index contributed by atoms with van der Waals surface area (Å²) in [5.41, 5.74) is 0. The molecule has 0 aromatic rings. The molecule has 0 aliphatic heterocycles. The number of likely N-dealkylation sites (N-methyl/N-ethyl adjacent to an activating group) is 1. The van der Waals surface area contributed by atoms with Crippen molar-refractivity contribution >= 4 is 5.97 Å². The number of ether oxygens (including phenoxy) is 1. The summed E-state index contributed by atoms with van der Waals surface area (Å²) in [6.07, 6.45) is 5.31. The molecule has 86 valence electrons. The first-order valence-corrected chi connectivity index (χ1v) is 5.31. The molecule has 0 aliphatic rings. The Bertz CT molecular complexity index is 226. The van der Waals surface area contributed by atoms with Crippen molar-refractivity contribution in [2.45, 2.75) is 19.8 Å². The summed E-state index contributed by atoms with van der Waals surface area (Å²) >= 11 is 0. The van der Waals surface area contributed by atoms with Gasteiger partial charge in [0.1, 0.15) is 0 Å². The molecule has 3 heteroatoms. The maximum absolute atomic E-state index is 11.0. The van der Waals surface area contributed by atoms with Crippen LogP contribution in [0.15, 0.2) is 25.3 Å². The fraction of sp³-hybridized carbons (Fsp3) is 0.583. The third-order valence-electron chi connectivity index (χ3n) is 2.31. The zero-order valence-corrected chi connectivity index (χ0v) is 9.87. The van der Waals surface area contributed by atoms with Crippen LogP contribution in [-0.4, -0.2) is 37.3 Å². The minimum atomic E-state index is -0.361. The average molecular weight is 212 g/mol. The van der Waals surface area contributed by atoms with Crippen molar-refractivity contribution in [2.24, 2.45) is 0 Å². The molecule has 0 saturated carbocycles. The number of unbranched alkanes of at least 4 members (excludes halogenated alkanes) is 1. The molecule has 0 aliphatic carbocycles. The monoisotopic (exact) mass is 212 g/mol. The van der Waals surface area contributed by atoms with Crippen LogP contribution in [-0.2, 0) is 9.53 Å². The molecule has 1 unspecified atom stereocenters. The van der Waals surface area contributed by atoms with Gasteiger partial charge in [0.05, 0.1) is 20.1 Å². The zero-order chi connectivity index (χ0) is 11.7. The predicted octanol–water partition coefficient (Wildman–Crippen LogP) is 2.11. The summed E-state index contributed by atoms with van der Waals surface area (Å²) in [4.78, 5) is 11.0. The van der Waals surface area contributed by atoms with E-state index in [1.165, 1.54) is 6.08 Å². The summed E-state index contributed by atoms with van der Waals surface area (Å²) in [6, 6.07) is 0. The number of nitrogens with zero attached hydrogens (tertiary/aromatic N) is 1. The Morgan fingerprint density at radius 2 is 2.13 bits per heavy atom. The topological polar surface area (TPSA) is 26.3 Å². The number of hydrogen-bond donors (Lipinski definition) is 0. The van der Waals surface area contributed by atoms with Crippen LogP contribution in [0.5, 0.6) is 0 Å². The van der Waals surface area contributed by atoms with Gasteiger partial charge in [-0.1, -0.05) is 26.5 Å². The molecule has 0 rings (SSSR count). The van der Waals surface area contributed by atoms with Crippen LogP contribution in [0.3, 0.4) is 0 Å². The number of carbonyl (C=O) groups excluding carboxylic acids is 1. The minimum absolute atomic E-state index is 0.361. The lowest BCUT2D eigenvalue weighted by atomic mass is 10.3. The standard InChI is InChI=1S/C12H22NO2/c1-5-8-10-13(4,9-6-2)11-15-12(14)7-3/h6-7H,2-3,5,8-11H2,1,4H3/q+1. The number of rotatable bonds is 8. The molecule has 0 N–H and O–H groups in total. The maximum atomic E-state index is 11.0. The molecule has 0 aromatic heterocycles. The number of quaternary nitrogens is 1. The van der Waals surface area contributed by atoms with Gasteiger partial charge < -0.3 is 4.74 Å². The molecule has 0 amide bonds. The molecule has 15 heavy (non-hydrogen) atoms. The third-order valence-corrected chi connectivity index (χ3v) is 2.31. The first kappa shape index (κ1) is 13.9. The predicted molar refractivity (Wildman–Crippen MR) is 62.2 cm³/mol. The van der Waals surface area contributed by atoms with Crippen molar-refractivity contribution in [1.82, 2.24) is 0 Å². The Balaban J connectivity index is 4.16. The van der Waals surface area contributed by atoms with Crippen molar-refractivity contribution in [3.05, 3.63) is 25.3 Å². The normalized spacial score (nSPS) is 14.0. The van der Waals surface area contributed by atoms with Gasteiger partial charge >= 0.3 is 5.97 Å². The summed E-state index contributed by atoms with van der Waals surface area (Å²) in [6.45, 7) is 11.4. The highest BCUT2D eigenvalue weighted by molar-refractivity contribution is 5.81. The molecule has 0 radical (unpaired) electrons. The van der Waals surface area contributed by atoms with Crippen LogP contribution in [0.4, 0.5) is 0 Å². The molecule has 0 fully saturated rings. The first-order valence-electron chi connectivity index (χ1n) is 5.31. The van der Waals surface area contributed by atoms with Gasteiger partial charge in [0.2, 0.25) is 6.73 Å². The van der Waals surface area contributed by atoms with Crippen molar-refractivity contribution in [3.63, 3.8) is 0 Å². The maximum Gasteiger partial charge on any atom is 0.334 e. The molecule has 0 spiro atoms. The van der Waals surface area contributed by atoms with Crippen molar-refractivity contribution in [3.8, 4) is 0 Å². The van der Waals surface area contributed by atoms with Crippen LogP contribution >= 0.6 is 0 Å². The molecule has 3 nitrogen and oxygen atoms in total. The summed E-state index contributed by atoms with van der Waals surface area (Å²) in [5.74, 6) is -0.361. The van der Waals surface area contributed by atoms with Crippen LogP contribution in [0.1, 0.15) is 19.8 Å². The van der Waals surface area contributed by atoms with E-state index in [2.05, 4.69) is 27.1 Å². The van der Waals surface area contributed by atoms with E-state index in [9.17, 15) is 4.79 Å². The van der Waals surface area contributed by atoms with Gasteiger partial charge in [0.15, 0.2) is 0 Å². The van der Waals surface area contributed by atoms with Crippen LogP contribution < -0.4 is 0 Å². The molecule has 0 saturated heterocycles. The van der Waals surface area contributed by atoms with E-state index in [0.29, 0.717) is 11.2 Å². The van der Waals surface area contributed by atoms with Crippen LogP contribution in [0, 0.1) is 0 Å². The van der Waals surface area contributed by atoms with Crippen molar-refractivity contribution in [2.75, 3.05) is 26.9 Å². The van der Waals surface area contributed by atoms with Gasteiger partial charge in [-0.2, -0.15) is 0 Å². The molecular weight excluding hydrogens is 190 g/mol. The first-order chi connectivity index (χ1) is 7.08. The van der Waals surface area contributed by atoms with Gasteiger partial charge in [-0.05, 0) is 12.5 Å². The highest BCUT2D eigenvalue weighted by atomic mass is 16.5. The summed E-state index contributed by atoms with van der Waals surface area (Å²) < 4.78 is 5.76. The number of hydrogen-bond acceptors (Lipinski definition) is 2. The van der Waals surface area contributed by atoms with Crippen molar-refractivity contribution in [1.29, 1.82) is 0 Å². The molecule has 0 bridgehead atoms. The zero-order valence-electron chi connectivity index (χ0n) is 9.87. The largest absolute Gasteiger partial charge is 0.412 e. The van der Waals surface area contributed by atoms with E-state index in [-0.39, 0.29) is 5.97 Å². The fourth-order valence-electron chi connectivity index (χ4n) is 1.34. The molecule has 1 atom stereocenters. The second-order valence-corrected chi connectivity index (χ2v) is 3.96. The smallest absolute Gasteiger partial charge is 0.334 e. The van der Waals surface area contributed by atoms with Gasteiger partial charge in [0, 0.05) is 6.08 Å². The SMILES string of the molecule is C=CC[N+](C)(CCCC)COC(=O)C=C. The minimum Gasteiger partial charge on any atom is -0.412 e. The third kappa shape index (κ3) is 6.07. The van der Waals surface area contributed by atoms with Crippen molar-refractivity contribution < 1.29 is 14.0 Å². The summed E-state index contributed by atoms with van der Waals surface area (Å²) in [7, 11) is 2.06.